The van der Waals surface area contributed by atoms with Crippen molar-refractivity contribution < 1.29 is 0 Å². The normalized spacial score (nSPS) is 29.8. The number of halogens is 1. The average molecular weight is 515 g/mol. The predicted molar refractivity (Wildman–Crippen MR) is 153 cm³/mol. The number of anilines is 1. The van der Waals surface area contributed by atoms with Gasteiger partial charge in [-0.15, -0.1) is 11.3 Å². The lowest BCUT2D eigenvalue weighted by molar-refractivity contribution is 0.397. The summed E-state index contributed by atoms with van der Waals surface area (Å²) in [4.78, 5) is 3.77. The third-order valence-corrected chi connectivity index (χ3v) is 11.3. The van der Waals surface area contributed by atoms with Crippen molar-refractivity contribution in [2.75, 3.05) is 19.0 Å². The fourth-order valence-electron chi connectivity index (χ4n) is 6.30. The second-order valence-corrected chi connectivity index (χ2v) is 13.1. The van der Waals surface area contributed by atoms with Crippen LogP contribution in [0.3, 0.4) is 0 Å². The van der Waals surface area contributed by atoms with Crippen LogP contribution in [0.5, 0.6) is 0 Å². The number of fused-ring (bicyclic) bond motifs is 3. The van der Waals surface area contributed by atoms with Gasteiger partial charge in [-0.3, -0.25) is 0 Å². The first-order valence-electron chi connectivity index (χ1n) is 11.6. The van der Waals surface area contributed by atoms with Crippen LogP contribution < -0.4 is 20.7 Å². The summed E-state index contributed by atoms with van der Waals surface area (Å²) in [6.45, 7) is 8.83. The van der Waals surface area contributed by atoms with Crippen LogP contribution in [-0.4, -0.2) is 42.0 Å². The van der Waals surface area contributed by atoms with Crippen molar-refractivity contribution in [2.45, 2.75) is 55.7 Å². The minimum atomic E-state index is 0.314. The highest BCUT2D eigenvalue weighted by Gasteiger charge is 2.47. The zero-order valence-corrected chi connectivity index (χ0v) is 22.9. The maximum absolute atomic E-state index is 6.31. The van der Waals surface area contributed by atoms with E-state index in [2.05, 4.69) is 74.7 Å². The number of rotatable bonds is 5. The number of thiophene rings is 1. The van der Waals surface area contributed by atoms with Crippen LogP contribution in [0.15, 0.2) is 24.8 Å². The summed E-state index contributed by atoms with van der Waals surface area (Å²) in [5, 5.41) is 9.53. The van der Waals surface area contributed by atoms with Gasteiger partial charge in [0.15, 0.2) is 0 Å². The van der Waals surface area contributed by atoms with E-state index >= 15 is 0 Å². The van der Waals surface area contributed by atoms with E-state index in [-0.39, 0.29) is 0 Å². The molecule has 1 aromatic carbocycles. The second kappa shape index (κ2) is 9.16. The van der Waals surface area contributed by atoms with Crippen LogP contribution in [0.2, 0.25) is 4.34 Å². The standard InChI is InChI=1S/C27H31ClN2S3/c1-6-16-7-8-17(13-31)25(14(2)19-9-18-10-20(29-4)27(19)32-18)26(16)15(3)21-11-23-22(30(21)5)12-24(28)33-23/h6-8,12-13,18-21,27,29H,1,9-11H2,2-5H3/b25-14+,26-15+/t18?,19-,20?,21?,27?/m0/s1. The molecule has 6 heteroatoms. The fourth-order valence-corrected chi connectivity index (χ4v) is 9.86. The molecule has 2 nitrogen and oxygen atoms in total. The van der Waals surface area contributed by atoms with Crippen LogP contribution in [0.25, 0.3) is 17.2 Å². The SMILES string of the molecule is C=Cc1ccc(C=S)c(=C(/C)[C@@H]2CC3CC(NC)C2S3)/c1=C(\C)C1Cc2sc(Cl)cc2N1C. The van der Waals surface area contributed by atoms with E-state index in [0.717, 1.165) is 21.6 Å². The maximum atomic E-state index is 6.31. The zero-order valence-electron chi connectivity index (χ0n) is 19.7. The van der Waals surface area contributed by atoms with Crippen molar-refractivity contribution in [3.8, 4) is 0 Å². The molecule has 4 unspecified atom stereocenters. The Kier molecular flexibility index (Phi) is 6.56. The predicted octanol–water partition coefficient (Wildman–Crippen LogP) is 5.28. The number of hydrogen-bond acceptors (Lipinski definition) is 5. The summed E-state index contributed by atoms with van der Waals surface area (Å²) in [5.41, 5.74) is 6.51. The minimum Gasteiger partial charge on any atom is -0.367 e. The monoisotopic (exact) mass is 514 g/mol. The number of thioether (sulfide) groups is 1. The molecule has 5 rings (SSSR count). The van der Waals surface area contributed by atoms with Crippen molar-refractivity contribution in [2.24, 2.45) is 5.92 Å². The van der Waals surface area contributed by atoms with Gasteiger partial charge < -0.3 is 10.2 Å². The van der Waals surface area contributed by atoms with Crippen molar-refractivity contribution in [3.05, 3.63) is 55.6 Å². The van der Waals surface area contributed by atoms with Crippen LogP contribution in [0, 0.1) is 5.92 Å². The Morgan fingerprint density at radius 3 is 2.58 bits per heavy atom. The molecule has 0 radical (unpaired) electrons. The molecule has 5 atom stereocenters. The molecule has 33 heavy (non-hydrogen) atoms. The first-order valence-corrected chi connectivity index (χ1v) is 14.2. The molecule has 0 aliphatic carbocycles. The van der Waals surface area contributed by atoms with E-state index in [1.807, 2.05) is 11.4 Å². The third-order valence-electron chi connectivity index (χ3n) is 7.99. The summed E-state index contributed by atoms with van der Waals surface area (Å²) in [7, 11) is 4.31. The van der Waals surface area contributed by atoms with Gasteiger partial charge in [-0.05, 0) is 72.9 Å². The average Bonchev–Trinajstić information content (AvgIpc) is 3.58. The van der Waals surface area contributed by atoms with E-state index < -0.39 is 0 Å². The van der Waals surface area contributed by atoms with Crippen molar-refractivity contribution >= 4 is 75.2 Å². The molecule has 1 N–H and O–H groups in total. The van der Waals surface area contributed by atoms with Crippen molar-refractivity contribution in [1.29, 1.82) is 0 Å². The summed E-state index contributed by atoms with van der Waals surface area (Å²) in [6, 6.07) is 7.40. The molecule has 2 fully saturated rings. The second-order valence-electron chi connectivity index (χ2n) is 9.57. The number of benzene rings is 1. The van der Waals surface area contributed by atoms with Gasteiger partial charge in [0.25, 0.3) is 0 Å². The third kappa shape index (κ3) is 3.84. The topological polar surface area (TPSA) is 15.3 Å². The highest BCUT2D eigenvalue weighted by Crippen LogP contribution is 2.52. The Bertz CT molecular complexity index is 1250. The highest BCUT2D eigenvalue weighted by atomic mass is 35.5. The zero-order chi connectivity index (χ0) is 23.4. The van der Waals surface area contributed by atoms with Crippen LogP contribution >= 0.6 is 46.9 Å². The number of hydrogen-bond donors (Lipinski definition) is 1. The van der Waals surface area contributed by atoms with Gasteiger partial charge >= 0.3 is 0 Å². The first kappa shape index (κ1) is 23.6. The smallest absolute Gasteiger partial charge is 0.0952 e. The summed E-state index contributed by atoms with van der Waals surface area (Å²) < 4.78 is 0.871. The maximum Gasteiger partial charge on any atom is 0.0952 e. The summed E-state index contributed by atoms with van der Waals surface area (Å²) in [6.07, 6.45) is 5.57. The van der Waals surface area contributed by atoms with Crippen molar-refractivity contribution in [3.63, 3.8) is 0 Å². The molecule has 0 saturated carbocycles. The first-order chi connectivity index (χ1) is 15.9. The van der Waals surface area contributed by atoms with Gasteiger partial charge in [0.05, 0.1) is 16.1 Å². The molecule has 174 valence electrons. The molecule has 4 heterocycles. The summed E-state index contributed by atoms with van der Waals surface area (Å²) in [5.74, 6) is 0.577. The lowest BCUT2D eigenvalue weighted by Crippen LogP contribution is -2.44. The lowest BCUT2D eigenvalue weighted by atomic mass is 9.79. The van der Waals surface area contributed by atoms with Crippen LogP contribution in [0.1, 0.15) is 42.7 Å². The molecular weight excluding hydrogens is 484 g/mol. The Morgan fingerprint density at radius 2 is 1.94 bits per heavy atom. The van der Waals surface area contributed by atoms with Gasteiger partial charge in [-0.25, -0.2) is 0 Å². The molecule has 2 saturated heterocycles. The number of nitrogens with one attached hydrogen (secondary N) is 1. The van der Waals surface area contributed by atoms with Gasteiger partial charge in [0, 0.05) is 40.3 Å². The number of nitrogens with zero attached hydrogens (tertiary/aromatic N) is 1. The Balaban J connectivity index is 1.73. The molecule has 1 aromatic heterocycles. The lowest BCUT2D eigenvalue weighted by Gasteiger charge is -2.29. The van der Waals surface area contributed by atoms with E-state index in [0.29, 0.717) is 23.3 Å². The molecule has 2 aromatic rings. The van der Waals surface area contributed by atoms with Gasteiger partial charge in [0.2, 0.25) is 0 Å². The summed E-state index contributed by atoms with van der Waals surface area (Å²) >= 11 is 15.7. The molecule has 0 amide bonds. The molecule has 2 bridgehead atoms. The van der Waals surface area contributed by atoms with E-state index in [4.69, 9.17) is 23.8 Å². The van der Waals surface area contributed by atoms with Gasteiger partial charge in [-0.1, -0.05) is 54.2 Å². The molecule has 3 aliphatic heterocycles. The fraction of sp³-hybridized carbons (Fsp3) is 0.444. The van der Waals surface area contributed by atoms with E-state index in [9.17, 15) is 0 Å². The molecular formula is C27H31ClN2S3. The van der Waals surface area contributed by atoms with Gasteiger partial charge in [0.1, 0.15) is 0 Å². The quantitative estimate of drug-likeness (QED) is 0.546. The van der Waals surface area contributed by atoms with Crippen molar-refractivity contribution in [1.82, 2.24) is 5.32 Å². The molecule has 3 aliphatic rings. The largest absolute Gasteiger partial charge is 0.367 e. The molecule has 0 spiro atoms. The Labute approximate surface area is 215 Å². The Hall–Kier alpha value is -1.11. The Morgan fingerprint density at radius 1 is 1.21 bits per heavy atom. The number of thiocarbonyl (C=S) groups is 1. The van der Waals surface area contributed by atoms with E-state index in [1.54, 1.807) is 11.3 Å². The number of likely N-dealkylation sites (N-methyl/N-ethyl adjacent to an activating group) is 1. The highest BCUT2D eigenvalue weighted by molar-refractivity contribution is 8.01. The van der Waals surface area contributed by atoms with Crippen LogP contribution in [-0.2, 0) is 6.42 Å². The van der Waals surface area contributed by atoms with E-state index in [1.165, 1.54) is 50.6 Å². The van der Waals surface area contributed by atoms with Crippen LogP contribution in [0.4, 0.5) is 5.69 Å². The van der Waals surface area contributed by atoms with Gasteiger partial charge in [-0.2, -0.15) is 11.8 Å². The minimum absolute atomic E-state index is 0.314.